The summed E-state index contributed by atoms with van der Waals surface area (Å²) in [6.45, 7) is 6.04. The predicted octanol–water partition coefficient (Wildman–Crippen LogP) is 2.93. The van der Waals surface area contributed by atoms with Crippen LogP contribution < -0.4 is 10.6 Å². The SMILES string of the molecule is Cc1cccc(CNC(=O)CNc2ccccc2CN2CCC(CO)CC2)c1. The van der Waals surface area contributed by atoms with Crippen LogP contribution in [0.5, 0.6) is 0 Å². The van der Waals surface area contributed by atoms with E-state index in [0.717, 1.165) is 43.7 Å². The van der Waals surface area contributed by atoms with Crippen LogP contribution in [0.15, 0.2) is 48.5 Å². The van der Waals surface area contributed by atoms with Crippen LogP contribution in [0.1, 0.15) is 29.5 Å². The molecule has 5 heteroatoms. The van der Waals surface area contributed by atoms with Crippen molar-refractivity contribution < 1.29 is 9.90 Å². The molecule has 1 aliphatic heterocycles. The molecule has 0 unspecified atom stereocenters. The number of carbonyl (C=O) groups is 1. The zero-order chi connectivity index (χ0) is 19.8. The second-order valence-electron chi connectivity index (χ2n) is 7.68. The second kappa shape index (κ2) is 10.2. The van der Waals surface area contributed by atoms with Crippen LogP contribution in [0.25, 0.3) is 0 Å². The number of carbonyl (C=O) groups excluding carboxylic acids is 1. The number of rotatable bonds is 8. The smallest absolute Gasteiger partial charge is 0.239 e. The number of hydrogen-bond acceptors (Lipinski definition) is 4. The van der Waals surface area contributed by atoms with Crippen LogP contribution in [-0.2, 0) is 17.9 Å². The number of hydrogen-bond donors (Lipinski definition) is 3. The van der Waals surface area contributed by atoms with Gasteiger partial charge in [0.25, 0.3) is 0 Å². The van der Waals surface area contributed by atoms with Crippen LogP contribution in [0.3, 0.4) is 0 Å². The standard InChI is InChI=1S/C23H31N3O2/c1-18-5-4-6-20(13-18)14-25-23(28)15-24-22-8-3-2-7-21(22)16-26-11-9-19(17-27)10-12-26/h2-8,13,19,24,27H,9-12,14-17H2,1H3,(H,25,28). The van der Waals surface area contributed by atoms with Crippen LogP contribution in [0.4, 0.5) is 5.69 Å². The first-order chi connectivity index (χ1) is 13.6. The number of amides is 1. The van der Waals surface area contributed by atoms with E-state index < -0.39 is 0 Å². The van der Waals surface area contributed by atoms with Crippen molar-refractivity contribution in [2.24, 2.45) is 5.92 Å². The first-order valence-corrected chi connectivity index (χ1v) is 10.1. The van der Waals surface area contributed by atoms with Gasteiger partial charge in [0.1, 0.15) is 0 Å². The molecule has 28 heavy (non-hydrogen) atoms. The van der Waals surface area contributed by atoms with Crippen molar-refractivity contribution in [3.63, 3.8) is 0 Å². The van der Waals surface area contributed by atoms with Crippen molar-refractivity contribution in [2.45, 2.75) is 32.9 Å². The molecule has 0 aromatic heterocycles. The number of para-hydroxylation sites is 1. The molecule has 0 radical (unpaired) electrons. The molecule has 1 saturated heterocycles. The topological polar surface area (TPSA) is 64.6 Å². The molecule has 3 N–H and O–H groups in total. The summed E-state index contributed by atoms with van der Waals surface area (Å²) in [6, 6.07) is 16.4. The van der Waals surface area contributed by atoms with E-state index in [-0.39, 0.29) is 12.5 Å². The Balaban J connectivity index is 1.48. The number of aliphatic hydroxyl groups is 1. The lowest BCUT2D eigenvalue weighted by atomic mass is 9.97. The van der Waals surface area contributed by atoms with Crippen molar-refractivity contribution in [1.29, 1.82) is 0 Å². The summed E-state index contributed by atoms with van der Waals surface area (Å²) < 4.78 is 0. The summed E-state index contributed by atoms with van der Waals surface area (Å²) in [6.07, 6.45) is 2.10. The molecule has 0 spiro atoms. The summed E-state index contributed by atoms with van der Waals surface area (Å²) in [5.74, 6) is 0.432. The number of piperidine rings is 1. The normalized spacial score (nSPS) is 15.4. The number of nitrogens with zero attached hydrogens (tertiary/aromatic N) is 1. The summed E-state index contributed by atoms with van der Waals surface area (Å²) in [4.78, 5) is 14.7. The monoisotopic (exact) mass is 381 g/mol. The molecule has 0 bridgehead atoms. The van der Waals surface area contributed by atoms with Crippen LogP contribution in [-0.4, -0.2) is 42.2 Å². The lowest BCUT2D eigenvalue weighted by Gasteiger charge is -2.31. The van der Waals surface area contributed by atoms with E-state index in [1.54, 1.807) is 0 Å². The fraction of sp³-hybridized carbons (Fsp3) is 0.435. The molecule has 0 atom stereocenters. The Morgan fingerprint density at radius 2 is 1.93 bits per heavy atom. The Kier molecular flexibility index (Phi) is 7.46. The van der Waals surface area contributed by atoms with Gasteiger partial charge in [-0.1, -0.05) is 48.0 Å². The summed E-state index contributed by atoms with van der Waals surface area (Å²) in [7, 11) is 0. The van der Waals surface area contributed by atoms with Gasteiger partial charge in [0.15, 0.2) is 0 Å². The van der Waals surface area contributed by atoms with Gasteiger partial charge in [0, 0.05) is 25.4 Å². The number of likely N-dealkylation sites (tertiary alicyclic amines) is 1. The zero-order valence-corrected chi connectivity index (χ0v) is 16.7. The van der Waals surface area contributed by atoms with Crippen LogP contribution in [0, 0.1) is 12.8 Å². The molecule has 5 nitrogen and oxygen atoms in total. The minimum atomic E-state index is -0.0138. The first-order valence-electron chi connectivity index (χ1n) is 10.1. The lowest BCUT2D eigenvalue weighted by Crippen LogP contribution is -2.34. The number of aryl methyl sites for hydroxylation is 1. The number of benzene rings is 2. The van der Waals surface area contributed by atoms with Gasteiger partial charge in [-0.25, -0.2) is 0 Å². The molecule has 0 saturated carbocycles. The largest absolute Gasteiger partial charge is 0.396 e. The van der Waals surface area contributed by atoms with Crippen molar-refractivity contribution in [3.8, 4) is 0 Å². The average Bonchev–Trinajstić information content (AvgIpc) is 2.72. The zero-order valence-electron chi connectivity index (χ0n) is 16.7. The van der Waals surface area contributed by atoms with Gasteiger partial charge >= 0.3 is 0 Å². The lowest BCUT2D eigenvalue weighted by molar-refractivity contribution is -0.119. The number of aliphatic hydroxyl groups excluding tert-OH is 1. The minimum Gasteiger partial charge on any atom is -0.396 e. The Bertz CT molecular complexity index is 770. The van der Waals surface area contributed by atoms with E-state index in [2.05, 4.69) is 40.7 Å². The maximum Gasteiger partial charge on any atom is 0.239 e. The van der Waals surface area contributed by atoms with E-state index in [9.17, 15) is 9.90 Å². The van der Waals surface area contributed by atoms with Gasteiger partial charge in [-0.2, -0.15) is 0 Å². The highest BCUT2D eigenvalue weighted by Gasteiger charge is 2.19. The molecule has 0 aliphatic carbocycles. The molecule has 3 rings (SSSR count). The van der Waals surface area contributed by atoms with E-state index >= 15 is 0 Å². The molecule has 1 amide bonds. The predicted molar refractivity (Wildman–Crippen MR) is 113 cm³/mol. The van der Waals surface area contributed by atoms with Gasteiger partial charge in [-0.05, 0) is 56.0 Å². The van der Waals surface area contributed by atoms with Gasteiger partial charge in [0.2, 0.25) is 5.91 Å². The molecule has 1 heterocycles. The first kappa shape index (κ1) is 20.4. The highest BCUT2D eigenvalue weighted by Crippen LogP contribution is 2.22. The average molecular weight is 382 g/mol. The minimum absolute atomic E-state index is 0.0138. The van der Waals surface area contributed by atoms with Gasteiger partial charge in [-0.15, -0.1) is 0 Å². The molecule has 1 fully saturated rings. The van der Waals surface area contributed by atoms with Crippen molar-refractivity contribution in [2.75, 3.05) is 31.6 Å². The third kappa shape index (κ3) is 6.08. The molecule has 2 aromatic carbocycles. The van der Waals surface area contributed by atoms with E-state index in [1.807, 2.05) is 30.3 Å². The van der Waals surface area contributed by atoms with Crippen LogP contribution >= 0.6 is 0 Å². The highest BCUT2D eigenvalue weighted by atomic mass is 16.3. The maximum atomic E-state index is 12.2. The van der Waals surface area contributed by atoms with E-state index in [1.165, 1.54) is 11.1 Å². The second-order valence-corrected chi connectivity index (χ2v) is 7.68. The van der Waals surface area contributed by atoms with E-state index in [4.69, 9.17) is 0 Å². The van der Waals surface area contributed by atoms with Crippen molar-refractivity contribution in [3.05, 3.63) is 65.2 Å². The summed E-state index contributed by atoms with van der Waals surface area (Å²) >= 11 is 0. The van der Waals surface area contributed by atoms with Gasteiger partial charge in [0.05, 0.1) is 6.54 Å². The van der Waals surface area contributed by atoms with Crippen LogP contribution in [0.2, 0.25) is 0 Å². The Labute approximate surface area is 167 Å². The Hall–Kier alpha value is -2.37. The number of anilines is 1. The molecule has 2 aromatic rings. The third-order valence-electron chi connectivity index (χ3n) is 5.39. The molecular weight excluding hydrogens is 350 g/mol. The van der Waals surface area contributed by atoms with Crippen molar-refractivity contribution >= 4 is 11.6 Å². The summed E-state index contributed by atoms with van der Waals surface area (Å²) in [5, 5.41) is 15.6. The number of nitrogens with one attached hydrogen (secondary N) is 2. The van der Waals surface area contributed by atoms with Crippen molar-refractivity contribution in [1.82, 2.24) is 10.2 Å². The quantitative estimate of drug-likeness (QED) is 0.658. The maximum absolute atomic E-state index is 12.2. The van der Waals surface area contributed by atoms with Gasteiger partial charge < -0.3 is 15.7 Å². The molecular formula is C23H31N3O2. The Morgan fingerprint density at radius 3 is 2.68 bits per heavy atom. The third-order valence-corrected chi connectivity index (χ3v) is 5.39. The fourth-order valence-electron chi connectivity index (χ4n) is 3.66. The molecule has 150 valence electrons. The van der Waals surface area contributed by atoms with Gasteiger partial charge in [-0.3, -0.25) is 9.69 Å². The highest BCUT2D eigenvalue weighted by molar-refractivity contribution is 5.80. The summed E-state index contributed by atoms with van der Waals surface area (Å²) in [5.41, 5.74) is 4.52. The van der Waals surface area contributed by atoms with E-state index in [0.29, 0.717) is 19.1 Å². The Morgan fingerprint density at radius 1 is 1.14 bits per heavy atom. The molecule has 1 aliphatic rings. The fourth-order valence-corrected chi connectivity index (χ4v) is 3.66.